The van der Waals surface area contributed by atoms with Gasteiger partial charge in [0, 0.05) is 66.6 Å². The van der Waals surface area contributed by atoms with Crippen molar-refractivity contribution in [1.29, 1.82) is 0 Å². The van der Waals surface area contributed by atoms with Crippen LogP contribution in [-0.2, 0) is 15.1 Å². The third-order valence-corrected chi connectivity index (χ3v) is 6.76. The maximum absolute atomic E-state index is 12.3. The van der Waals surface area contributed by atoms with Gasteiger partial charge in [-0.15, -0.1) is 0 Å². The van der Waals surface area contributed by atoms with E-state index in [9.17, 15) is 9.59 Å². The third-order valence-electron chi connectivity index (χ3n) is 6.51. The molecule has 0 saturated heterocycles. The molecule has 2 amide bonds. The van der Waals surface area contributed by atoms with Gasteiger partial charge in [-0.1, -0.05) is 37.2 Å². The van der Waals surface area contributed by atoms with E-state index in [1.54, 1.807) is 24.5 Å². The maximum Gasteiger partial charge on any atom is 0.411 e. The molecule has 1 atom stereocenters. The van der Waals surface area contributed by atoms with Gasteiger partial charge in [-0.3, -0.25) is 15.1 Å². The summed E-state index contributed by atoms with van der Waals surface area (Å²) in [5, 5.41) is 9.56. The molecule has 1 heterocycles. The first-order valence-electron chi connectivity index (χ1n) is 13.9. The first-order valence-corrected chi connectivity index (χ1v) is 14.3. The summed E-state index contributed by atoms with van der Waals surface area (Å²) >= 11 is 6.01. The Labute approximate surface area is 249 Å². The fourth-order valence-corrected chi connectivity index (χ4v) is 4.23. The normalized spacial score (nSPS) is 12.6. The highest BCUT2D eigenvalue weighted by molar-refractivity contribution is 6.30. The van der Waals surface area contributed by atoms with Gasteiger partial charge in [0.25, 0.3) is 0 Å². The minimum Gasteiger partial charge on any atom is -0.449 e. The molecule has 0 saturated carbocycles. The summed E-state index contributed by atoms with van der Waals surface area (Å²) in [6.45, 7) is 16.3. The van der Waals surface area contributed by atoms with Crippen molar-refractivity contribution in [3.8, 4) is 0 Å². The van der Waals surface area contributed by atoms with Crippen molar-refractivity contribution in [2.75, 3.05) is 31.1 Å². The third kappa shape index (κ3) is 13.1. The number of anilines is 1. The van der Waals surface area contributed by atoms with Crippen molar-refractivity contribution >= 4 is 29.3 Å². The maximum atomic E-state index is 12.3. The first-order chi connectivity index (χ1) is 19.5. The second kappa shape index (κ2) is 17.3. The average Bonchev–Trinajstić information content (AvgIpc) is 2.93. The van der Waals surface area contributed by atoms with Crippen molar-refractivity contribution in [2.45, 2.75) is 53.0 Å². The lowest BCUT2D eigenvalue weighted by molar-refractivity contribution is -0.118. The van der Waals surface area contributed by atoms with Gasteiger partial charge in [-0.05, 0) is 87.6 Å². The number of allylic oxidation sites excluding steroid dienone is 2. The number of ether oxygens (including phenoxy) is 1. The van der Waals surface area contributed by atoms with E-state index < -0.39 is 6.09 Å². The number of pyridine rings is 1. The van der Waals surface area contributed by atoms with Crippen LogP contribution in [0.5, 0.6) is 0 Å². The molecule has 3 N–H and O–H groups in total. The summed E-state index contributed by atoms with van der Waals surface area (Å²) in [5.41, 5.74) is 2.86. The quantitative estimate of drug-likeness (QED) is 0.201. The minimum absolute atomic E-state index is 0.201. The van der Waals surface area contributed by atoms with Crippen LogP contribution in [-0.4, -0.2) is 43.2 Å². The number of aromatic nitrogens is 1. The number of halogens is 1. The van der Waals surface area contributed by atoms with Crippen LogP contribution >= 0.6 is 11.6 Å². The molecule has 0 spiro atoms. The molecule has 2 rings (SSSR count). The molecule has 8 nitrogen and oxygen atoms in total. The van der Waals surface area contributed by atoms with Gasteiger partial charge >= 0.3 is 6.09 Å². The molecule has 1 unspecified atom stereocenters. The zero-order chi connectivity index (χ0) is 30.3. The number of nitrogens with one attached hydrogen (secondary N) is 3. The Morgan fingerprint density at radius 3 is 2.44 bits per heavy atom. The lowest BCUT2D eigenvalue weighted by Gasteiger charge is -2.26. The van der Waals surface area contributed by atoms with Crippen LogP contribution in [0.25, 0.3) is 0 Å². The van der Waals surface area contributed by atoms with Crippen molar-refractivity contribution in [1.82, 2.24) is 20.9 Å². The van der Waals surface area contributed by atoms with E-state index in [-0.39, 0.29) is 17.4 Å². The SMILES string of the molecule is C=C(/C=C\C(=C/CNC(C)(C)c1ccc(Cl)cc1)NC(C)=O)NC(=O)OCC(C)CCCN(CC)c1ccncc1. The van der Waals surface area contributed by atoms with Crippen molar-refractivity contribution in [2.24, 2.45) is 5.92 Å². The van der Waals surface area contributed by atoms with Crippen LogP contribution in [0.1, 0.15) is 53.0 Å². The van der Waals surface area contributed by atoms with Gasteiger partial charge in [-0.2, -0.15) is 0 Å². The monoisotopic (exact) mass is 581 g/mol. The van der Waals surface area contributed by atoms with Crippen molar-refractivity contribution in [3.05, 3.63) is 95.6 Å². The Morgan fingerprint density at radius 1 is 1.12 bits per heavy atom. The minimum atomic E-state index is -0.560. The van der Waals surface area contributed by atoms with Gasteiger partial charge in [0.1, 0.15) is 0 Å². The van der Waals surface area contributed by atoms with E-state index in [1.165, 1.54) is 6.92 Å². The van der Waals surface area contributed by atoms with Gasteiger partial charge < -0.3 is 20.3 Å². The molecule has 0 radical (unpaired) electrons. The Balaban J connectivity index is 1.78. The standard InChI is InChI=1S/C32H44ClN5O3/c1-7-38(30-17-19-34-20-18-30)22-8-9-24(2)23-41-31(40)36-25(3)10-15-29(37-26(4)39)16-21-35-32(5,6)27-11-13-28(33)14-12-27/h10-20,24,35H,3,7-9,21-23H2,1-2,4-6H3,(H,36,40)(H,37,39)/b15-10-,29-16+. The number of hydrogen-bond donors (Lipinski definition) is 3. The van der Waals surface area contributed by atoms with Gasteiger partial charge in [-0.25, -0.2) is 4.79 Å². The van der Waals surface area contributed by atoms with E-state index in [4.69, 9.17) is 16.3 Å². The van der Waals surface area contributed by atoms with Crippen LogP contribution < -0.4 is 20.9 Å². The molecule has 41 heavy (non-hydrogen) atoms. The molecular formula is C32H44ClN5O3. The Hall–Kier alpha value is -3.62. The van der Waals surface area contributed by atoms with E-state index >= 15 is 0 Å². The Morgan fingerprint density at radius 2 is 1.80 bits per heavy atom. The lowest BCUT2D eigenvalue weighted by atomic mass is 9.94. The number of nitrogens with zero attached hydrogens (tertiary/aromatic N) is 2. The number of alkyl carbamates (subject to hydrolysis) is 1. The highest BCUT2D eigenvalue weighted by Crippen LogP contribution is 2.22. The molecule has 0 aliphatic rings. The molecule has 0 bridgehead atoms. The Bertz CT molecular complexity index is 1180. The van der Waals surface area contributed by atoms with Crippen LogP contribution in [0.15, 0.2) is 85.0 Å². The highest BCUT2D eigenvalue weighted by atomic mass is 35.5. The number of carbonyl (C=O) groups is 2. The fourth-order valence-electron chi connectivity index (χ4n) is 4.10. The summed E-state index contributed by atoms with van der Waals surface area (Å²) in [6.07, 6.45) is 10.1. The van der Waals surface area contributed by atoms with E-state index in [0.717, 1.165) is 37.2 Å². The van der Waals surface area contributed by atoms with Crippen LogP contribution in [0.2, 0.25) is 5.02 Å². The summed E-state index contributed by atoms with van der Waals surface area (Å²) in [5.74, 6) is 0.0206. The predicted molar refractivity (Wildman–Crippen MR) is 168 cm³/mol. The Kier molecular flexibility index (Phi) is 14.1. The fraction of sp³-hybridized carbons (Fsp3) is 0.406. The molecule has 0 aliphatic carbocycles. The van der Waals surface area contributed by atoms with Crippen LogP contribution in [0, 0.1) is 5.92 Å². The zero-order valence-corrected chi connectivity index (χ0v) is 25.6. The second-order valence-electron chi connectivity index (χ2n) is 10.5. The molecule has 222 valence electrons. The molecule has 2 aromatic rings. The van der Waals surface area contributed by atoms with E-state index in [2.05, 4.69) is 60.1 Å². The molecule has 0 fully saturated rings. The molecule has 0 aliphatic heterocycles. The molecule has 1 aromatic heterocycles. The number of carbonyl (C=O) groups excluding carboxylic acids is 2. The van der Waals surface area contributed by atoms with Gasteiger partial charge in [0.15, 0.2) is 0 Å². The first kappa shape index (κ1) is 33.6. The molecule has 9 heteroatoms. The van der Waals surface area contributed by atoms with Crippen molar-refractivity contribution in [3.63, 3.8) is 0 Å². The number of amides is 2. The van der Waals surface area contributed by atoms with Crippen molar-refractivity contribution < 1.29 is 14.3 Å². The molecule has 1 aromatic carbocycles. The number of rotatable bonds is 16. The number of hydrogen-bond acceptors (Lipinski definition) is 6. The van der Waals surface area contributed by atoms with E-state index in [1.807, 2.05) is 42.5 Å². The summed E-state index contributed by atoms with van der Waals surface area (Å²) < 4.78 is 5.40. The van der Waals surface area contributed by atoms with Crippen LogP contribution in [0.4, 0.5) is 10.5 Å². The van der Waals surface area contributed by atoms with Gasteiger partial charge in [0.05, 0.1) is 6.61 Å². The lowest BCUT2D eigenvalue weighted by Crippen LogP contribution is -2.37. The summed E-state index contributed by atoms with van der Waals surface area (Å²) in [4.78, 5) is 30.4. The summed E-state index contributed by atoms with van der Waals surface area (Å²) in [7, 11) is 0. The number of benzene rings is 1. The predicted octanol–water partition coefficient (Wildman–Crippen LogP) is 6.32. The smallest absolute Gasteiger partial charge is 0.411 e. The average molecular weight is 582 g/mol. The van der Waals surface area contributed by atoms with Crippen LogP contribution in [0.3, 0.4) is 0 Å². The highest BCUT2D eigenvalue weighted by Gasteiger charge is 2.18. The largest absolute Gasteiger partial charge is 0.449 e. The second-order valence-corrected chi connectivity index (χ2v) is 10.9. The topological polar surface area (TPSA) is 95.6 Å². The van der Waals surface area contributed by atoms with Gasteiger partial charge in [0.2, 0.25) is 5.91 Å². The van der Waals surface area contributed by atoms with E-state index in [0.29, 0.717) is 29.6 Å². The molecular weight excluding hydrogens is 538 g/mol. The summed E-state index contributed by atoms with van der Waals surface area (Å²) in [6, 6.07) is 11.7. The zero-order valence-electron chi connectivity index (χ0n) is 24.9.